The van der Waals surface area contributed by atoms with Gasteiger partial charge in [0, 0.05) is 17.9 Å². The Bertz CT molecular complexity index is 1310. The maximum absolute atomic E-state index is 13.4. The molecule has 30 heavy (non-hydrogen) atoms. The summed E-state index contributed by atoms with van der Waals surface area (Å²) in [6, 6.07) is 15.0. The number of hydrogen-bond acceptors (Lipinski definition) is 7. The topological polar surface area (TPSA) is 89.7 Å². The zero-order valence-electron chi connectivity index (χ0n) is 16.2. The Morgan fingerprint density at radius 1 is 1.17 bits per heavy atom. The molecule has 0 fully saturated rings. The highest BCUT2D eigenvalue weighted by atomic mass is 32.2. The Morgan fingerprint density at radius 2 is 2.00 bits per heavy atom. The minimum atomic E-state index is -3.44. The van der Waals surface area contributed by atoms with Crippen molar-refractivity contribution >= 4 is 42.4 Å². The predicted molar refractivity (Wildman–Crippen MR) is 115 cm³/mol. The van der Waals surface area contributed by atoms with Crippen molar-refractivity contribution in [2.75, 3.05) is 18.3 Å². The van der Waals surface area contributed by atoms with Crippen molar-refractivity contribution in [1.82, 2.24) is 4.98 Å². The molecule has 154 valence electrons. The van der Waals surface area contributed by atoms with Gasteiger partial charge in [0.15, 0.2) is 15.0 Å². The largest absolute Gasteiger partial charge is 0.497 e. The third kappa shape index (κ3) is 4.07. The molecule has 0 bridgehead atoms. The van der Waals surface area contributed by atoms with Gasteiger partial charge < -0.3 is 9.15 Å². The minimum Gasteiger partial charge on any atom is -0.497 e. The van der Waals surface area contributed by atoms with Crippen LogP contribution in [-0.2, 0) is 16.4 Å². The molecule has 2 aromatic heterocycles. The van der Waals surface area contributed by atoms with Gasteiger partial charge in [0.1, 0.15) is 11.5 Å². The summed E-state index contributed by atoms with van der Waals surface area (Å²) < 4.78 is 35.4. The Kier molecular flexibility index (Phi) is 5.31. The number of benzene rings is 2. The van der Waals surface area contributed by atoms with Gasteiger partial charge in [-0.05, 0) is 42.5 Å². The second kappa shape index (κ2) is 7.92. The molecular formula is C21H18N2O5S2. The quantitative estimate of drug-likeness (QED) is 0.446. The second-order valence-electron chi connectivity index (χ2n) is 6.60. The van der Waals surface area contributed by atoms with Gasteiger partial charge in [0.05, 0.1) is 35.0 Å². The van der Waals surface area contributed by atoms with E-state index in [0.29, 0.717) is 22.2 Å². The average molecular weight is 443 g/mol. The van der Waals surface area contributed by atoms with Gasteiger partial charge in [0.25, 0.3) is 5.91 Å². The fourth-order valence-corrected chi connectivity index (χ4v) is 4.55. The van der Waals surface area contributed by atoms with Crippen molar-refractivity contribution in [3.63, 3.8) is 0 Å². The number of fused-ring (bicyclic) bond motifs is 1. The lowest BCUT2D eigenvalue weighted by molar-refractivity contribution is 0.0983. The highest BCUT2D eigenvalue weighted by Crippen LogP contribution is 2.33. The molecule has 9 heteroatoms. The van der Waals surface area contributed by atoms with Gasteiger partial charge in [-0.15, -0.1) is 0 Å². The Labute approximate surface area is 177 Å². The van der Waals surface area contributed by atoms with Crippen LogP contribution in [0.3, 0.4) is 0 Å². The number of nitrogens with zero attached hydrogens (tertiary/aromatic N) is 2. The van der Waals surface area contributed by atoms with Crippen LogP contribution in [0.25, 0.3) is 10.2 Å². The first-order valence-corrected chi connectivity index (χ1v) is 11.6. The SMILES string of the molecule is COc1ccc2sc(N(Cc3ccco3)C(=O)c3cccc(S(C)(=O)=O)c3)nc2c1. The maximum Gasteiger partial charge on any atom is 0.260 e. The summed E-state index contributed by atoms with van der Waals surface area (Å²) in [5, 5.41) is 0.476. The highest BCUT2D eigenvalue weighted by molar-refractivity contribution is 7.90. The number of thiazole rings is 1. The highest BCUT2D eigenvalue weighted by Gasteiger charge is 2.24. The monoisotopic (exact) mass is 442 g/mol. The van der Waals surface area contributed by atoms with Gasteiger partial charge in [-0.2, -0.15) is 0 Å². The van der Waals surface area contributed by atoms with Crippen LogP contribution in [0.4, 0.5) is 5.13 Å². The van der Waals surface area contributed by atoms with Gasteiger partial charge in [0.2, 0.25) is 0 Å². The molecule has 0 radical (unpaired) electrons. The van der Waals surface area contributed by atoms with Crippen molar-refractivity contribution in [3.05, 3.63) is 72.2 Å². The van der Waals surface area contributed by atoms with Gasteiger partial charge >= 0.3 is 0 Å². The molecule has 7 nitrogen and oxygen atoms in total. The maximum atomic E-state index is 13.4. The van der Waals surface area contributed by atoms with E-state index in [1.54, 1.807) is 37.4 Å². The third-order valence-corrected chi connectivity index (χ3v) is 6.63. The minimum absolute atomic E-state index is 0.0836. The van der Waals surface area contributed by atoms with Crippen LogP contribution < -0.4 is 9.64 Å². The standard InChI is InChI=1S/C21H18N2O5S2/c1-27-15-8-9-19-18(12-15)22-21(29-19)23(13-16-6-4-10-28-16)20(24)14-5-3-7-17(11-14)30(2,25)26/h3-12H,13H2,1-2H3. The lowest BCUT2D eigenvalue weighted by Crippen LogP contribution is -2.30. The molecule has 0 atom stereocenters. The molecule has 0 aliphatic rings. The number of methoxy groups -OCH3 is 1. The molecule has 4 aromatic rings. The Hall–Kier alpha value is -3.17. The summed E-state index contributed by atoms with van der Waals surface area (Å²) in [7, 11) is -1.86. The summed E-state index contributed by atoms with van der Waals surface area (Å²) >= 11 is 1.36. The van der Waals surface area contributed by atoms with E-state index in [1.165, 1.54) is 34.6 Å². The van der Waals surface area contributed by atoms with Crippen LogP contribution in [-0.4, -0.2) is 32.7 Å². The number of carbonyl (C=O) groups is 1. The fraction of sp³-hybridized carbons (Fsp3) is 0.143. The lowest BCUT2D eigenvalue weighted by Gasteiger charge is -2.19. The van der Waals surface area contributed by atoms with E-state index in [1.807, 2.05) is 12.1 Å². The number of aromatic nitrogens is 1. The molecule has 4 rings (SSSR count). The normalized spacial score (nSPS) is 11.5. The summed E-state index contributed by atoms with van der Waals surface area (Å²) in [6.45, 7) is 0.159. The van der Waals surface area contributed by atoms with Crippen LogP contribution >= 0.6 is 11.3 Å². The summed E-state index contributed by atoms with van der Waals surface area (Å²) in [5.41, 5.74) is 0.956. The van der Waals surface area contributed by atoms with Crippen molar-refractivity contribution < 1.29 is 22.4 Å². The predicted octanol–water partition coefficient (Wildman–Crippen LogP) is 4.15. The van der Waals surface area contributed by atoms with Crippen molar-refractivity contribution in [2.45, 2.75) is 11.4 Å². The molecule has 0 spiro atoms. The first-order valence-electron chi connectivity index (χ1n) is 8.94. The molecule has 2 aromatic carbocycles. The lowest BCUT2D eigenvalue weighted by atomic mass is 10.2. The molecule has 0 aliphatic heterocycles. The molecule has 0 N–H and O–H groups in total. The molecule has 2 heterocycles. The van der Waals surface area contributed by atoms with Crippen LogP contribution in [0.2, 0.25) is 0 Å². The van der Waals surface area contributed by atoms with Crippen LogP contribution in [0.5, 0.6) is 5.75 Å². The van der Waals surface area contributed by atoms with E-state index in [2.05, 4.69) is 4.98 Å². The number of furan rings is 1. The van der Waals surface area contributed by atoms with Gasteiger partial charge in [-0.3, -0.25) is 9.69 Å². The fourth-order valence-electron chi connectivity index (χ4n) is 2.94. The van der Waals surface area contributed by atoms with Crippen LogP contribution in [0.1, 0.15) is 16.1 Å². The number of hydrogen-bond donors (Lipinski definition) is 0. The van der Waals surface area contributed by atoms with E-state index in [0.717, 1.165) is 11.0 Å². The average Bonchev–Trinajstić information content (AvgIpc) is 3.39. The summed E-state index contributed by atoms with van der Waals surface area (Å²) in [6.07, 6.45) is 2.64. The van der Waals surface area contributed by atoms with E-state index < -0.39 is 9.84 Å². The third-order valence-electron chi connectivity index (χ3n) is 4.46. The second-order valence-corrected chi connectivity index (χ2v) is 9.63. The first kappa shape index (κ1) is 20.1. The van der Waals surface area contributed by atoms with Gasteiger partial charge in [-0.25, -0.2) is 13.4 Å². The zero-order valence-corrected chi connectivity index (χ0v) is 17.9. The summed E-state index contributed by atoms with van der Waals surface area (Å²) in [5.74, 6) is 0.881. The summed E-state index contributed by atoms with van der Waals surface area (Å²) in [4.78, 5) is 19.6. The number of ether oxygens (including phenoxy) is 1. The molecule has 0 unspecified atom stereocenters. The molecule has 0 aliphatic carbocycles. The number of carbonyl (C=O) groups excluding carboxylic acids is 1. The van der Waals surface area contributed by atoms with E-state index in [4.69, 9.17) is 9.15 Å². The van der Waals surface area contributed by atoms with Crippen molar-refractivity contribution in [2.24, 2.45) is 0 Å². The number of sulfone groups is 1. The van der Waals surface area contributed by atoms with E-state index >= 15 is 0 Å². The molecular weight excluding hydrogens is 424 g/mol. The number of rotatable bonds is 6. The molecule has 0 saturated carbocycles. The van der Waals surface area contributed by atoms with Crippen LogP contribution in [0.15, 0.2) is 70.2 Å². The van der Waals surface area contributed by atoms with Gasteiger partial charge in [-0.1, -0.05) is 17.4 Å². The molecule has 0 saturated heterocycles. The number of anilines is 1. The van der Waals surface area contributed by atoms with Crippen LogP contribution in [0, 0.1) is 0 Å². The molecule has 1 amide bonds. The zero-order chi connectivity index (χ0) is 21.3. The van der Waals surface area contributed by atoms with E-state index in [9.17, 15) is 13.2 Å². The van der Waals surface area contributed by atoms with Crippen molar-refractivity contribution in [1.29, 1.82) is 0 Å². The van der Waals surface area contributed by atoms with Crippen molar-refractivity contribution in [3.8, 4) is 5.75 Å². The Morgan fingerprint density at radius 3 is 2.70 bits per heavy atom. The Balaban J connectivity index is 1.78. The van der Waals surface area contributed by atoms with E-state index in [-0.39, 0.29) is 22.9 Å². The smallest absolute Gasteiger partial charge is 0.260 e. The number of amides is 1. The first-order chi connectivity index (χ1) is 14.3.